The number of methoxy groups -OCH3 is 1. The molecule has 2 N–H and O–H groups in total. The van der Waals surface area contributed by atoms with Crippen molar-refractivity contribution in [1.82, 2.24) is 5.32 Å². The molecule has 22 heavy (non-hydrogen) atoms. The Hall–Kier alpha value is -2.05. The number of carbonyl (C=O) groups excluding carboxylic acids is 1. The van der Waals surface area contributed by atoms with Gasteiger partial charge in [-0.3, -0.25) is 4.79 Å². The van der Waals surface area contributed by atoms with Crippen LogP contribution in [0.2, 0.25) is 5.02 Å². The minimum Gasteiger partial charge on any atom is -0.496 e. The monoisotopic (exact) mass is 327 g/mol. The lowest BCUT2D eigenvalue weighted by Gasteiger charge is -2.15. The second-order valence-corrected chi connectivity index (χ2v) is 4.79. The molecule has 0 heterocycles. The maximum absolute atomic E-state index is 12.0. The van der Waals surface area contributed by atoms with Crippen LogP contribution in [0.5, 0.6) is 5.75 Å². The van der Waals surface area contributed by atoms with Gasteiger partial charge in [0.25, 0.3) is 0 Å². The number of hydrogen-bond donors (Lipinski definition) is 2. The number of amides is 1. The highest BCUT2D eigenvalue weighted by molar-refractivity contribution is 6.31. The van der Waals surface area contributed by atoms with E-state index in [4.69, 9.17) is 26.2 Å². The van der Waals surface area contributed by atoms with Crippen LogP contribution in [0.3, 0.4) is 0 Å². The van der Waals surface area contributed by atoms with Gasteiger partial charge in [-0.25, -0.2) is 4.79 Å². The quantitative estimate of drug-likeness (QED) is 0.532. The Kier molecular flexibility index (Phi) is 7.42. The molecule has 0 aliphatic rings. The number of carboxylic acid groups (broad SMARTS) is 1. The Labute approximate surface area is 133 Å². The Bertz CT molecular complexity index is 547. The molecule has 0 spiro atoms. The third-order valence-corrected chi connectivity index (χ3v) is 3.14. The normalized spacial score (nSPS) is 11.5. The highest BCUT2D eigenvalue weighted by Gasteiger charge is 2.21. The molecule has 1 amide bonds. The first-order valence-corrected chi connectivity index (χ1v) is 6.89. The molecular weight excluding hydrogens is 310 g/mol. The molecule has 1 unspecified atom stereocenters. The summed E-state index contributed by atoms with van der Waals surface area (Å²) in [6.45, 7) is 3.52. The van der Waals surface area contributed by atoms with E-state index < -0.39 is 17.9 Å². The number of aliphatic carboxylic acids is 1. The summed E-state index contributed by atoms with van der Waals surface area (Å²) < 4.78 is 10.2. The van der Waals surface area contributed by atoms with Crippen molar-refractivity contribution in [3.8, 4) is 5.75 Å². The molecule has 0 saturated heterocycles. The lowest BCUT2D eigenvalue weighted by Crippen LogP contribution is -2.44. The number of rotatable bonds is 9. The van der Waals surface area contributed by atoms with Crippen LogP contribution in [0.15, 0.2) is 30.9 Å². The summed E-state index contributed by atoms with van der Waals surface area (Å²) in [5, 5.41) is 11.8. The number of nitrogens with one attached hydrogen (secondary N) is 1. The Morgan fingerprint density at radius 3 is 2.82 bits per heavy atom. The molecule has 0 fully saturated rings. The molecule has 0 aromatic heterocycles. The van der Waals surface area contributed by atoms with Crippen LogP contribution in [0.1, 0.15) is 5.56 Å². The van der Waals surface area contributed by atoms with Gasteiger partial charge in [0.1, 0.15) is 5.75 Å². The standard InChI is InChI=1S/C15H18ClNO5/c1-3-7-22-9-12(15(19)20)17-14(18)8-10-11(16)5-4-6-13(10)21-2/h3-6,12H,1,7-9H2,2H3,(H,17,18)(H,19,20). The molecule has 6 nitrogen and oxygen atoms in total. The van der Waals surface area contributed by atoms with E-state index in [1.807, 2.05) is 0 Å². The van der Waals surface area contributed by atoms with Gasteiger partial charge in [0.15, 0.2) is 6.04 Å². The SMILES string of the molecule is C=CCOCC(NC(=O)Cc1c(Cl)cccc1OC)C(=O)O. The second kappa shape index (κ2) is 9.07. The third kappa shape index (κ3) is 5.38. The van der Waals surface area contributed by atoms with Crippen molar-refractivity contribution in [2.24, 2.45) is 0 Å². The number of carboxylic acids is 1. The zero-order chi connectivity index (χ0) is 16.5. The predicted octanol–water partition coefficient (Wildman–Crippen LogP) is 1.66. The fourth-order valence-electron chi connectivity index (χ4n) is 1.75. The number of halogens is 1. The van der Waals surface area contributed by atoms with Gasteiger partial charge >= 0.3 is 5.97 Å². The lowest BCUT2D eigenvalue weighted by molar-refractivity contribution is -0.143. The van der Waals surface area contributed by atoms with E-state index in [-0.39, 0.29) is 19.6 Å². The van der Waals surface area contributed by atoms with Crippen LogP contribution >= 0.6 is 11.6 Å². The van der Waals surface area contributed by atoms with Crippen LogP contribution in [0, 0.1) is 0 Å². The molecule has 0 radical (unpaired) electrons. The molecule has 0 saturated carbocycles. The van der Waals surface area contributed by atoms with Crippen molar-refractivity contribution in [1.29, 1.82) is 0 Å². The molecule has 0 aliphatic heterocycles. The maximum atomic E-state index is 12.0. The van der Waals surface area contributed by atoms with E-state index >= 15 is 0 Å². The van der Waals surface area contributed by atoms with Crippen LogP contribution in [0.25, 0.3) is 0 Å². The highest BCUT2D eigenvalue weighted by atomic mass is 35.5. The minimum atomic E-state index is -1.18. The van der Waals surface area contributed by atoms with E-state index in [2.05, 4.69) is 11.9 Å². The number of benzene rings is 1. The van der Waals surface area contributed by atoms with E-state index in [0.717, 1.165) is 0 Å². The Morgan fingerprint density at radius 2 is 2.23 bits per heavy atom. The van der Waals surface area contributed by atoms with Crippen molar-refractivity contribution in [2.75, 3.05) is 20.3 Å². The van der Waals surface area contributed by atoms with Crippen molar-refractivity contribution in [3.63, 3.8) is 0 Å². The first kappa shape index (κ1) is 18.0. The number of carbonyl (C=O) groups is 2. The molecule has 1 aromatic carbocycles. The minimum absolute atomic E-state index is 0.0892. The summed E-state index contributed by atoms with van der Waals surface area (Å²) in [5.41, 5.74) is 0.500. The van der Waals surface area contributed by atoms with Gasteiger partial charge < -0.3 is 19.9 Å². The Morgan fingerprint density at radius 1 is 1.50 bits per heavy atom. The highest BCUT2D eigenvalue weighted by Crippen LogP contribution is 2.26. The molecule has 1 rings (SSSR count). The topological polar surface area (TPSA) is 84.9 Å². The number of ether oxygens (including phenoxy) is 2. The van der Waals surface area contributed by atoms with Crippen LogP contribution in [0.4, 0.5) is 0 Å². The average Bonchev–Trinajstić information content (AvgIpc) is 2.48. The summed E-state index contributed by atoms with van der Waals surface area (Å²) >= 11 is 6.04. The smallest absolute Gasteiger partial charge is 0.328 e. The lowest BCUT2D eigenvalue weighted by atomic mass is 10.1. The van der Waals surface area contributed by atoms with Gasteiger partial charge in [0.2, 0.25) is 5.91 Å². The van der Waals surface area contributed by atoms with Crippen molar-refractivity contribution in [2.45, 2.75) is 12.5 Å². The summed E-state index contributed by atoms with van der Waals surface area (Å²) in [4.78, 5) is 23.1. The second-order valence-electron chi connectivity index (χ2n) is 4.38. The molecule has 1 atom stereocenters. The molecule has 1 aromatic rings. The van der Waals surface area contributed by atoms with E-state index in [9.17, 15) is 9.59 Å². The first-order chi connectivity index (χ1) is 10.5. The largest absolute Gasteiger partial charge is 0.496 e. The van der Waals surface area contributed by atoms with E-state index in [1.54, 1.807) is 18.2 Å². The fourth-order valence-corrected chi connectivity index (χ4v) is 1.98. The van der Waals surface area contributed by atoms with Gasteiger partial charge in [0, 0.05) is 10.6 Å². The third-order valence-electron chi connectivity index (χ3n) is 2.79. The zero-order valence-corrected chi connectivity index (χ0v) is 12.9. The van der Waals surface area contributed by atoms with Crippen molar-refractivity contribution in [3.05, 3.63) is 41.4 Å². The summed E-state index contributed by atoms with van der Waals surface area (Å²) in [6, 6.07) is 3.87. The van der Waals surface area contributed by atoms with Crippen molar-refractivity contribution < 1.29 is 24.2 Å². The van der Waals surface area contributed by atoms with Gasteiger partial charge in [-0.15, -0.1) is 6.58 Å². The molecule has 7 heteroatoms. The van der Waals surface area contributed by atoms with Crippen molar-refractivity contribution >= 4 is 23.5 Å². The molecule has 120 valence electrons. The summed E-state index contributed by atoms with van der Waals surface area (Å²) in [5.74, 6) is -1.19. The molecule has 0 aliphatic carbocycles. The van der Waals surface area contributed by atoms with Gasteiger partial charge in [0.05, 0.1) is 26.7 Å². The molecule has 0 bridgehead atoms. The maximum Gasteiger partial charge on any atom is 0.328 e. The summed E-state index contributed by atoms with van der Waals surface area (Å²) in [7, 11) is 1.47. The van der Waals surface area contributed by atoms with Gasteiger partial charge in [-0.2, -0.15) is 0 Å². The average molecular weight is 328 g/mol. The Balaban J connectivity index is 2.71. The zero-order valence-electron chi connectivity index (χ0n) is 12.2. The van der Waals surface area contributed by atoms with Crippen LogP contribution in [-0.2, 0) is 20.7 Å². The fraction of sp³-hybridized carbons (Fsp3) is 0.333. The van der Waals surface area contributed by atoms with Crippen LogP contribution < -0.4 is 10.1 Å². The van der Waals surface area contributed by atoms with Gasteiger partial charge in [-0.05, 0) is 12.1 Å². The number of hydrogen-bond acceptors (Lipinski definition) is 4. The predicted molar refractivity (Wildman–Crippen MR) is 82.3 cm³/mol. The first-order valence-electron chi connectivity index (χ1n) is 6.51. The summed E-state index contributed by atoms with van der Waals surface area (Å²) in [6.07, 6.45) is 1.41. The van der Waals surface area contributed by atoms with E-state index in [0.29, 0.717) is 16.3 Å². The van der Waals surface area contributed by atoms with Gasteiger partial charge in [-0.1, -0.05) is 23.7 Å². The van der Waals surface area contributed by atoms with Crippen LogP contribution in [-0.4, -0.2) is 43.3 Å². The molecular formula is C15H18ClNO5. The van der Waals surface area contributed by atoms with E-state index in [1.165, 1.54) is 13.2 Å².